The van der Waals surface area contributed by atoms with Crippen LogP contribution in [0, 0.1) is 0 Å². The zero-order valence-corrected chi connectivity index (χ0v) is 14.3. The molecular weight excluding hydrogens is 324 g/mol. The van der Waals surface area contributed by atoms with Crippen molar-refractivity contribution in [3.8, 4) is 11.1 Å². The normalized spacial score (nSPS) is 18.5. The molecule has 1 fully saturated rings. The van der Waals surface area contributed by atoms with Crippen LogP contribution in [0.2, 0.25) is 0 Å². The minimum absolute atomic E-state index is 0.138. The number of hydrogen-bond acceptors (Lipinski definition) is 3. The fraction of sp³-hybridized carbons (Fsp3) is 0.278. The Kier molecular flexibility index (Phi) is 4.69. The van der Waals surface area contributed by atoms with Gasteiger partial charge in [0.05, 0.1) is 6.26 Å². The van der Waals surface area contributed by atoms with Gasteiger partial charge in [-0.05, 0) is 29.7 Å². The van der Waals surface area contributed by atoms with Crippen LogP contribution < -0.4 is 5.32 Å². The highest BCUT2D eigenvalue weighted by Gasteiger charge is 2.29. The largest absolute Gasteiger partial charge is 0.348 e. The molecule has 0 saturated carbocycles. The minimum Gasteiger partial charge on any atom is -0.348 e. The number of benzene rings is 2. The van der Waals surface area contributed by atoms with E-state index in [-0.39, 0.29) is 11.9 Å². The van der Waals surface area contributed by atoms with Gasteiger partial charge in [0.1, 0.15) is 0 Å². The van der Waals surface area contributed by atoms with Crippen molar-refractivity contribution in [1.29, 1.82) is 0 Å². The van der Waals surface area contributed by atoms with Gasteiger partial charge < -0.3 is 5.32 Å². The first-order valence-electron chi connectivity index (χ1n) is 7.85. The second kappa shape index (κ2) is 6.75. The van der Waals surface area contributed by atoms with Crippen LogP contribution in [0.4, 0.5) is 0 Å². The molecule has 1 heterocycles. The maximum absolute atomic E-state index is 12.3. The molecule has 1 N–H and O–H groups in total. The summed E-state index contributed by atoms with van der Waals surface area (Å²) < 4.78 is 24.4. The van der Waals surface area contributed by atoms with Crippen LogP contribution in [0.15, 0.2) is 54.6 Å². The number of nitrogens with zero attached hydrogens (tertiary/aromatic N) is 1. The van der Waals surface area contributed by atoms with Gasteiger partial charge in [-0.1, -0.05) is 42.5 Å². The van der Waals surface area contributed by atoms with Crippen molar-refractivity contribution in [2.75, 3.05) is 19.3 Å². The van der Waals surface area contributed by atoms with Crippen LogP contribution in [0.5, 0.6) is 0 Å². The summed E-state index contributed by atoms with van der Waals surface area (Å²) in [7, 11) is -3.19. The molecule has 24 heavy (non-hydrogen) atoms. The van der Waals surface area contributed by atoms with Gasteiger partial charge in [-0.2, -0.15) is 0 Å². The van der Waals surface area contributed by atoms with Crippen molar-refractivity contribution < 1.29 is 13.2 Å². The third-order valence-electron chi connectivity index (χ3n) is 4.21. The van der Waals surface area contributed by atoms with E-state index in [4.69, 9.17) is 0 Å². The van der Waals surface area contributed by atoms with Gasteiger partial charge in [0.2, 0.25) is 10.0 Å². The topological polar surface area (TPSA) is 66.5 Å². The summed E-state index contributed by atoms with van der Waals surface area (Å²) >= 11 is 0. The minimum atomic E-state index is -3.19. The van der Waals surface area contributed by atoms with E-state index < -0.39 is 10.0 Å². The molecule has 0 aliphatic carbocycles. The Morgan fingerprint density at radius 1 is 1.04 bits per heavy atom. The van der Waals surface area contributed by atoms with Gasteiger partial charge in [-0.25, -0.2) is 12.7 Å². The molecule has 6 heteroatoms. The molecule has 2 aromatic carbocycles. The van der Waals surface area contributed by atoms with Crippen molar-refractivity contribution in [3.63, 3.8) is 0 Å². The molecular formula is C18H20N2O3S. The Morgan fingerprint density at radius 2 is 1.67 bits per heavy atom. The Morgan fingerprint density at radius 3 is 2.25 bits per heavy atom. The predicted molar refractivity (Wildman–Crippen MR) is 94.2 cm³/mol. The lowest BCUT2D eigenvalue weighted by atomic mass is 10.0. The molecule has 0 bridgehead atoms. The number of nitrogens with one attached hydrogen (secondary N) is 1. The summed E-state index contributed by atoms with van der Waals surface area (Å²) in [6.07, 6.45) is 1.83. The first-order valence-corrected chi connectivity index (χ1v) is 9.70. The van der Waals surface area contributed by atoms with Gasteiger partial charge in [0.15, 0.2) is 0 Å². The van der Waals surface area contributed by atoms with Crippen LogP contribution in [-0.4, -0.2) is 44.0 Å². The third kappa shape index (κ3) is 3.83. The Bertz CT molecular complexity index is 817. The van der Waals surface area contributed by atoms with E-state index in [0.29, 0.717) is 25.1 Å². The molecule has 0 aromatic heterocycles. The second-order valence-corrected chi connectivity index (χ2v) is 8.01. The van der Waals surface area contributed by atoms with Crippen LogP contribution in [0.3, 0.4) is 0 Å². The van der Waals surface area contributed by atoms with Crippen molar-refractivity contribution in [3.05, 3.63) is 60.2 Å². The van der Waals surface area contributed by atoms with Gasteiger partial charge >= 0.3 is 0 Å². The maximum Gasteiger partial charge on any atom is 0.251 e. The van der Waals surface area contributed by atoms with Gasteiger partial charge in [0, 0.05) is 24.7 Å². The fourth-order valence-corrected chi connectivity index (χ4v) is 3.75. The quantitative estimate of drug-likeness (QED) is 0.924. The molecule has 1 amide bonds. The molecule has 1 aliphatic rings. The summed E-state index contributed by atoms with van der Waals surface area (Å²) in [4.78, 5) is 12.3. The van der Waals surface area contributed by atoms with Crippen LogP contribution >= 0.6 is 0 Å². The molecule has 1 unspecified atom stereocenters. The number of rotatable bonds is 4. The standard InChI is InChI=1S/C18H20N2O3S/c1-24(22,23)20-12-11-17(13-20)19-18(21)16-9-7-15(8-10-16)14-5-3-2-4-6-14/h2-10,17H,11-13H2,1H3,(H,19,21). The smallest absolute Gasteiger partial charge is 0.251 e. The Balaban J connectivity index is 1.64. The first-order chi connectivity index (χ1) is 11.4. The molecule has 3 rings (SSSR count). The monoisotopic (exact) mass is 344 g/mol. The third-order valence-corrected chi connectivity index (χ3v) is 5.48. The number of carbonyl (C=O) groups is 1. The van der Waals surface area contributed by atoms with E-state index in [1.807, 2.05) is 42.5 Å². The number of hydrogen-bond donors (Lipinski definition) is 1. The summed E-state index contributed by atoms with van der Waals surface area (Å²) in [6.45, 7) is 0.795. The summed E-state index contributed by atoms with van der Waals surface area (Å²) in [6, 6.07) is 17.2. The van der Waals surface area contributed by atoms with Gasteiger partial charge in [-0.3, -0.25) is 4.79 Å². The number of sulfonamides is 1. The molecule has 126 valence electrons. The molecule has 5 nitrogen and oxygen atoms in total. The summed E-state index contributed by atoms with van der Waals surface area (Å²) in [5, 5.41) is 2.91. The lowest BCUT2D eigenvalue weighted by Gasteiger charge is -2.14. The molecule has 2 aromatic rings. The Labute approximate surface area is 142 Å². The van der Waals surface area contributed by atoms with Crippen molar-refractivity contribution >= 4 is 15.9 Å². The summed E-state index contributed by atoms with van der Waals surface area (Å²) in [5.74, 6) is -0.171. The van der Waals surface area contributed by atoms with Crippen LogP contribution in [-0.2, 0) is 10.0 Å². The summed E-state index contributed by atoms with van der Waals surface area (Å²) in [5.41, 5.74) is 2.73. The van der Waals surface area contributed by atoms with Crippen LogP contribution in [0.25, 0.3) is 11.1 Å². The zero-order valence-electron chi connectivity index (χ0n) is 13.5. The van der Waals surface area contributed by atoms with E-state index in [9.17, 15) is 13.2 Å². The average Bonchev–Trinajstić information content (AvgIpc) is 3.05. The Hall–Kier alpha value is -2.18. The predicted octanol–water partition coefficient (Wildman–Crippen LogP) is 2.12. The highest BCUT2D eigenvalue weighted by Crippen LogP contribution is 2.19. The molecule has 1 aliphatic heterocycles. The van der Waals surface area contributed by atoms with Crippen molar-refractivity contribution in [1.82, 2.24) is 9.62 Å². The van der Waals surface area contributed by atoms with Gasteiger partial charge in [-0.15, -0.1) is 0 Å². The molecule has 0 spiro atoms. The number of amides is 1. The fourth-order valence-electron chi connectivity index (χ4n) is 2.86. The van der Waals surface area contributed by atoms with E-state index >= 15 is 0 Å². The van der Waals surface area contributed by atoms with Crippen molar-refractivity contribution in [2.45, 2.75) is 12.5 Å². The van der Waals surface area contributed by atoms with E-state index in [1.165, 1.54) is 10.6 Å². The second-order valence-electron chi connectivity index (χ2n) is 6.02. The highest BCUT2D eigenvalue weighted by molar-refractivity contribution is 7.88. The molecule has 1 saturated heterocycles. The lowest BCUT2D eigenvalue weighted by molar-refractivity contribution is 0.0939. The number of carbonyl (C=O) groups excluding carboxylic acids is 1. The van der Waals surface area contributed by atoms with E-state index in [1.54, 1.807) is 12.1 Å². The van der Waals surface area contributed by atoms with E-state index in [0.717, 1.165) is 11.1 Å². The molecule has 0 radical (unpaired) electrons. The average molecular weight is 344 g/mol. The molecule has 1 atom stereocenters. The van der Waals surface area contributed by atoms with Crippen LogP contribution in [0.1, 0.15) is 16.8 Å². The first kappa shape index (κ1) is 16.7. The zero-order chi connectivity index (χ0) is 17.2. The highest BCUT2D eigenvalue weighted by atomic mass is 32.2. The van der Waals surface area contributed by atoms with Gasteiger partial charge in [0.25, 0.3) is 5.91 Å². The lowest BCUT2D eigenvalue weighted by Crippen LogP contribution is -2.38. The maximum atomic E-state index is 12.3. The van der Waals surface area contributed by atoms with Crippen molar-refractivity contribution in [2.24, 2.45) is 0 Å². The SMILES string of the molecule is CS(=O)(=O)N1CCC(NC(=O)c2ccc(-c3ccccc3)cc2)C1. The van der Waals surface area contributed by atoms with E-state index in [2.05, 4.69) is 5.32 Å².